The van der Waals surface area contributed by atoms with Crippen LogP contribution in [0.5, 0.6) is 5.75 Å². The summed E-state index contributed by atoms with van der Waals surface area (Å²) in [5, 5.41) is 1.87. The van der Waals surface area contributed by atoms with Crippen molar-refractivity contribution in [2.45, 2.75) is 12.8 Å². The molecule has 0 bridgehead atoms. The zero-order valence-corrected chi connectivity index (χ0v) is 19.6. The second-order valence-electron chi connectivity index (χ2n) is 8.94. The summed E-state index contributed by atoms with van der Waals surface area (Å²) in [4.78, 5) is 45.2. The average Bonchev–Trinajstić information content (AvgIpc) is 3.17. The van der Waals surface area contributed by atoms with Crippen LogP contribution in [0.25, 0.3) is 10.8 Å². The summed E-state index contributed by atoms with van der Waals surface area (Å²) in [6.07, 6.45) is 0. The number of nitrogens with zero attached hydrogens (tertiary/aromatic N) is 3. The zero-order valence-electron chi connectivity index (χ0n) is 19.6. The van der Waals surface area contributed by atoms with Crippen molar-refractivity contribution in [2.75, 3.05) is 6.61 Å². The van der Waals surface area contributed by atoms with Crippen molar-refractivity contribution in [1.82, 2.24) is 9.13 Å². The Bertz CT molecular complexity index is 1710. The van der Waals surface area contributed by atoms with E-state index in [1.165, 1.54) is 11.6 Å². The SMILES string of the molecule is CCOc1ccc2ccccc2c1[C@@H]1c2c(n(C)c(=O)n(C)c2=O)N=C2c3ccccc3C(=O)[C@@H]21. The van der Waals surface area contributed by atoms with Crippen molar-refractivity contribution >= 4 is 28.1 Å². The van der Waals surface area contributed by atoms with Crippen LogP contribution in [0.2, 0.25) is 0 Å². The third-order valence-electron chi connectivity index (χ3n) is 7.13. The lowest BCUT2D eigenvalue weighted by Crippen LogP contribution is -2.43. The van der Waals surface area contributed by atoms with E-state index in [0.29, 0.717) is 29.2 Å². The molecule has 2 heterocycles. The normalized spacial score (nSPS) is 18.1. The molecule has 0 saturated heterocycles. The molecule has 2 aliphatic rings. The Hall–Kier alpha value is -4.26. The summed E-state index contributed by atoms with van der Waals surface area (Å²) >= 11 is 0. The fraction of sp³-hybridized carbons (Fsp3) is 0.214. The monoisotopic (exact) mass is 465 g/mol. The standard InChI is InChI=1S/C28H23N3O4/c1-4-35-19-14-13-15-9-5-6-10-16(15)20(19)21-22-24(17-11-7-8-12-18(17)25(22)32)29-26-23(21)27(33)31(3)28(34)30(26)2/h5-14,21-22H,4H2,1-3H3/t21-,22+/m0/s1. The van der Waals surface area contributed by atoms with Crippen molar-refractivity contribution < 1.29 is 9.53 Å². The van der Waals surface area contributed by atoms with Crippen molar-refractivity contribution in [3.05, 3.63) is 104 Å². The van der Waals surface area contributed by atoms with Gasteiger partial charge in [-0.15, -0.1) is 0 Å². The highest BCUT2D eigenvalue weighted by Gasteiger charge is 2.49. The molecule has 0 amide bonds. The summed E-state index contributed by atoms with van der Waals surface area (Å²) in [5.41, 5.74) is 2.09. The Kier molecular flexibility index (Phi) is 4.64. The number of hydrogen-bond acceptors (Lipinski definition) is 5. The highest BCUT2D eigenvalue weighted by molar-refractivity contribution is 6.30. The van der Waals surface area contributed by atoms with Crippen molar-refractivity contribution in [1.29, 1.82) is 0 Å². The number of rotatable bonds is 3. The van der Waals surface area contributed by atoms with Crippen LogP contribution >= 0.6 is 0 Å². The van der Waals surface area contributed by atoms with Gasteiger partial charge < -0.3 is 4.74 Å². The summed E-state index contributed by atoms with van der Waals surface area (Å²) in [7, 11) is 3.07. The second-order valence-corrected chi connectivity index (χ2v) is 8.94. The van der Waals surface area contributed by atoms with Gasteiger partial charge in [0.05, 0.1) is 23.8 Å². The topological polar surface area (TPSA) is 82.7 Å². The molecule has 1 aliphatic heterocycles. The third kappa shape index (κ3) is 2.84. The molecule has 0 spiro atoms. The van der Waals surface area contributed by atoms with Crippen molar-refractivity contribution in [2.24, 2.45) is 25.0 Å². The highest BCUT2D eigenvalue weighted by Crippen LogP contribution is 2.50. The van der Waals surface area contributed by atoms with Crippen LogP contribution in [0.3, 0.4) is 0 Å². The van der Waals surface area contributed by atoms with E-state index in [4.69, 9.17) is 9.73 Å². The maximum absolute atomic E-state index is 13.9. The number of ketones is 1. The lowest BCUT2D eigenvalue weighted by atomic mass is 9.74. The molecular weight excluding hydrogens is 442 g/mol. The molecular formula is C28H23N3O4. The van der Waals surface area contributed by atoms with Crippen LogP contribution in [0.4, 0.5) is 5.82 Å². The van der Waals surface area contributed by atoms with Gasteiger partial charge in [-0.3, -0.25) is 18.7 Å². The minimum atomic E-state index is -0.699. The predicted octanol–water partition coefficient (Wildman–Crippen LogP) is 3.71. The Morgan fingerprint density at radius 1 is 0.829 bits per heavy atom. The molecule has 7 heteroatoms. The Morgan fingerprint density at radius 3 is 2.31 bits per heavy atom. The minimum Gasteiger partial charge on any atom is -0.494 e. The van der Waals surface area contributed by atoms with Gasteiger partial charge in [0.1, 0.15) is 11.6 Å². The molecule has 2 atom stereocenters. The lowest BCUT2D eigenvalue weighted by Gasteiger charge is -2.31. The zero-order chi connectivity index (χ0) is 24.4. The smallest absolute Gasteiger partial charge is 0.332 e. The van der Waals surface area contributed by atoms with Gasteiger partial charge in [0.2, 0.25) is 0 Å². The van der Waals surface area contributed by atoms with Gasteiger partial charge in [0.15, 0.2) is 5.78 Å². The Morgan fingerprint density at radius 2 is 1.54 bits per heavy atom. The minimum absolute atomic E-state index is 0.0821. The van der Waals surface area contributed by atoms with Gasteiger partial charge in [-0.05, 0) is 23.8 Å². The second kappa shape index (κ2) is 7.63. The molecule has 0 N–H and O–H groups in total. The van der Waals surface area contributed by atoms with Gasteiger partial charge in [-0.2, -0.15) is 0 Å². The molecule has 0 fully saturated rings. The van der Waals surface area contributed by atoms with Gasteiger partial charge in [-0.25, -0.2) is 9.79 Å². The first kappa shape index (κ1) is 21.3. The van der Waals surface area contributed by atoms with Crippen molar-refractivity contribution in [3.63, 3.8) is 0 Å². The quantitative estimate of drug-likeness (QED) is 0.462. The van der Waals surface area contributed by atoms with E-state index in [0.717, 1.165) is 26.5 Å². The van der Waals surface area contributed by atoms with Crippen LogP contribution in [-0.2, 0) is 14.1 Å². The number of hydrogen-bond donors (Lipinski definition) is 0. The Labute approximate surface area is 200 Å². The Balaban J connectivity index is 1.79. The number of benzene rings is 3. The summed E-state index contributed by atoms with van der Waals surface area (Å²) in [6.45, 7) is 2.33. The first-order valence-electron chi connectivity index (χ1n) is 11.6. The van der Waals surface area contributed by atoms with Crippen LogP contribution < -0.4 is 16.0 Å². The summed E-state index contributed by atoms with van der Waals surface area (Å²) in [6, 6.07) is 19.1. The largest absolute Gasteiger partial charge is 0.494 e. The maximum Gasteiger partial charge on any atom is 0.332 e. The van der Waals surface area contributed by atoms with Crippen LogP contribution in [-0.4, -0.2) is 27.2 Å². The van der Waals surface area contributed by atoms with E-state index in [1.54, 1.807) is 13.1 Å². The molecule has 0 saturated carbocycles. The summed E-state index contributed by atoms with van der Waals surface area (Å²) < 4.78 is 8.55. The van der Waals surface area contributed by atoms with Gasteiger partial charge in [0, 0.05) is 36.7 Å². The molecule has 35 heavy (non-hydrogen) atoms. The first-order chi connectivity index (χ1) is 16.9. The fourth-order valence-electron chi connectivity index (χ4n) is 5.56. The predicted molar refractivity (Wildman–Crippen MR) is 134 cm³/mol. The number of ether oxygens (including phenoxy) is 1. The molecule has 4 aromatic rings. The van der Waals surface area contributed by atoms with E-state index in [9.17, 15) is 14.4 Å². The van der Waals surface area contributed by atoms with E-state index in [-0.39, 0.29) is 11.6 Å². The van der Waals surface area contributed by atoms with Gasteiger partial charge in [0.25, 0.3) is 5.56 Å². The maximum atomic E-state index is 13.9. The molecule has 174 valence electrons. The number of Topliss-reactive ketones (excluding diaryl/α,β-unsaturated/α-hetero) is 1. The third-order valence-corrected chi connectivity index (χ3v) is 7.13. The lowest BCUT2D eigenvalue weighted by molar-refractivity contribution is 0.0953. The van der Waals surface area contributed by atoms with E-state index in [1.807, 2.05) is 61.5 Å². The van der Waals surface area contributed by atoms with Crippen LogP contribution in [0.1, 0.15) is 39.9 Å². The molecule has 0 unspecified atom stereocenters. The van der Waals surface area contributed by atoms with Crippen molar-refractivity contribution in [3.8, 4) is 5.75 Å². The van der Waals surface area contributed by atoms with E-state index < -0.39 is 23.1 Å². The molecule has 1 aliphatic carbocycles. The van der Waals surface area contributed by atoms with E-state index >= 15 is 0 Å². The van der Waals surface area contributed by atoms with Gasteiger partial charge >= 0.3 is 5.69 Å². The fourth-order valence-corrected chi connectivity index (χ4v) is 5.56. The first-order valence-corrected chi connectivity index (χ1v) is 11.6. The molecule has 3 aromatic carbocycles. The highest BCUT2D eigenvalue weighted by atomic mass is 16.5. The van der Waals surface area contributed by atoms with Crippen LogP contribution in [0, 0.1) is 5.92 Å². The number of fused-ring (bicyclic) bond motifs is 5. The molecule has 0 radical (unpaired) electrons. The number of carbonyl (C=O) groups is 1. The number of carbonyl (C=O) groups excluding carboxylic acids is 1. The van der Waals surface area contributed by atoms with E-state index in [2.05, 4.69) is 0 Å². The molecule has 1 aromatic heterocycles. The molecule has 6 rings (SSSR count). The number of aromatic nitrogens is 2. The average molecular weight is 466 g/mol. The molecule has 7 nitrogen and oxygen atoms in total. The van der Waals surface area contributed by atoms with Gasteiger partial charge in [-0.1, -0.05) is 54.6 Å². The summed E-state index contributed by atoms with van der Waals surface area (Å²) in [5.74, 6) is -0.552. The van der Waals surface area contributed by atoms with Crippen LogP contribution in [0.15, 0.2) is 75.2 Å². The number of aliphatic imine (C=N–C) groups is 1.